The first-order valence-corrected chi connectivity index (χ1v) is 7.92. The summed E-state index contributed by atoms with van der Waals surface area (Å²) in [5.41, 5.74) is 3.50. The number of rotatable bonds is 5. The summed E-state index contributed by atoms with van der Waals surface area (Å²) in [6.07, 6.45) is 1.89. The van der Waals surface area contributed by atoms with Crippen LogP contribution in [0.25, 0.3) is 0 Å². The minimum Gasteiger partial charge on any atom is -0.478 e. The highest BCUT2D eigenvalue weighted by molar-refractivity contribution is 7.98. The minimum atomic E-state index is -0.884. The molecule has 0 aromatic heterocycles. The Morgan fingerprint density at radius 1 is 1.19 bits per heavy atom. The normalized spacial score (nSPS) is 10.4. The molecule has 0 bridgehead atoms. The monoisotopic (exact) mass is 301 g/mol. The molecule has 0 aliphatic heterocycles. The van der Waals surface area contributed by atoms with Crippen molar-refractivity contribution in [2.75, 3.05) is 18.2 Å². The lowest BCUT2D eigenvalue weighted by Crippen LogP contribution is -2.19. The molecule has 1 N–H and O–H groups in total. The smallest absolute Gasteiger partial charge is 0.338 e. The topological polar surface area (TPSA) is 40.5 Å². The van der Waals surface area contributed by atoms with Gasteiger partial charge in [-0.15, -0.1) is 11.8 Å². The van der Waals surface area contributed by atoms with Crippen molar-refractivity contribution in [3.8, 4) is 0 Å². The van der Waals surface area contributed by atoms with Gasteiger partial charge >= 0.3 is 5.97 Å². The van der Waals surface area contributed by atoms with Gasteiger partial charge in [0.05, 0.1) is 11.3 Å². The number of aromatic carboxylic acids is 1. The quantitative estimate of drug-likeness (QED) is 0.846. The average molecular weight is 301 g/mol. The van der Waals surface area contributed by atoms with Crippen LogP contribution in [0.1, 0.15) is 21.5 Å². The van der Waals surface area contributed by atoms with Crippen LogP contribution >= 0.6 is 11.8 Å². The number of carboxylic acid groups (broad SMARTS) is 1. The Balaban J connectivity index is 2.32. The molecule has 2 aromatic rings. The second-order valence-electron chi connectivity index (χ2n) is 5.00. The molecule has 0 aliphatic carbocycles. The molecule has 0 radical (unpaired) electrons. The Hall–Kier alpha value is -1.94. The third-order valence-electron chi connectivity index (χ3n) is 3.39. The number of thioether (sulfide) groups is 1. The first kappa shape index (κ1) is 15.4. The van der Waals surface area contributed by atoms with Gasteiger partial charge < -0.3 is 10.0 Å². The second kappa shape index (κ2) is 6.68. The van der Waals surface area contributed by atoms with Crippen molar-refractivity contribution in [2.24, 2.45) is 0 Å². The molecule has 110 valence electrons. The van der Waals surface area contributed by atoms with Gasteiger partial charge in [0.2, 0.25) is 0 Å². The van der Waals surface area contributed by atoms with Crippen molar-refractivity contribution >= 4 is 23.4 Å². The molecule has 2 rings (SSSR count). The van der Waals surface area contributed by atoms with Crippen molar-refractivity contribution in [3.63, 3.8) is 0 Å². The van der Waals surface area contributed by atoms with Gasteiger partial charge in [0.1, 0.15) is 0 Å². The predicted octanol–water partition coefficient (Wildman–Crippen LogP) is 4.05. The van der Waals surface area contributed by atoms with E-state index in [1.54, 1.807) is 0 Å². The van der Waals surface area contributed by atoms with Crippen LogP contribution in [-0.2, 0) is 6.54 Å². The molecule has 4 heteroatoms. The number of nitrogens with zero attached hydrogens (tertiary/aromatic N) is 1. The van der Waals surface area contributed by atoms with Crippen molar-refractivity contribution in [3.05, 3.63) is 59.2 Å². The van der Waals surface area contributed by atoms with E-state index in [-0.39, 0.29) is 0 Å². The summed E-state index contributed by atoms with van der Waals surface area (Å²) in [6, 6.07) is 13.9. The molecule has 0 fully saturated rings. The van der Waals surface area contributed by atoms with Crippen LogP contribution < -0.4 is 4.90 Å². The maximum atomic E-state index is 11.6. The third-order valence-corrected chi connectivity index (χ3v) is 4.17. The highest BCUT2D eigenvalue weighted by Crippen LogP contribution is 2.30. The zero-order chi connectivity index (χ0) is 15.4. The summed E-state index contributed by atoms with van der Waals surface area (Å²) in [4.78, 5) is 14.3. The highest BCUT2D eigenvalue weighted by Gasteiger charge is 2.17. The zero-order valence-electron chi connectivity index (χ0n) is 12.5. The molecule has 3 nitrogen and oxygen atoms in total. The van der Waals surface area contributed by atoms with E-state index in [0.29, 0.717) is 12.1 Å². The SMILES string of the molecule is CSc1cccc(N(C)Cc2ccc(C)cc2)c1C(=O)O. The maximum Gasteiger partial charge on any atom is 0.338 e. The molecule has 0 aliphatic rings. The Kier molecular flexibility index (Phi) is 4.91. The second-order valence-corrected chi connectivity index (χ2v) is 5.85. The van der Waals surface area contributed by atoms with Gasteiger partial charge in [-0.2, -0.15) is 0 Å². The van der Waals surface area contributed by atoms with Gasteiger partial charge in [-0.3, -0.25) is 0 Å². The number of hydrogen-bond donors (Lipinski definition) is 1. The first-order chi connectivity index (χ1) is 10.0. The van der Waals surface area contributed by atoms with Gasteiger partial charge in [0.25, 0.3) is 0 Å². The standard InChI is InChI=1S/C17H19NO2S/c1-12-7-9-13(10-8-12)11-18(2)14-5-4-6-15(21-3)16(14)17(19)20/h4-10H,11H2,1-3H3,(H,19,20). The number of anilines is 1. The number of benzene rings is 2. The van der Waals surface area contributed by atoms with Crippen LogP contribution in [0.5, 0.6) is 0 Å². The van der Waals surface area contributed by atoms with E-state index < -0.39 is 5.97 Å². The summed E-state index contributed by atoms with van der Waals surface area (Å²) in [6.45, 7) is 2.73. The first-order valence-electron chi connectivity index (χ1n) is 6.70. The van der Waals surface area contributed by atoms with Crippen LogP contribution in [-0.4, -0.2) is 24.4 Å². The van der Waals surface area contributed by atoms with Crippen molar-refractivity contribution in [1.29, 1.82) is 0 Å². The molecule has 0 spiro atoms. The molecule has 0 saturated carbocycles. The van der Waals surface area contributed by atoms with Crippen molar-refractivity contribution < 1.29 is 9.90 Å². The lowest BCUT2D eigenvalue weighted by Gasteiger charge is -2.22. The molecule has 2 aromatic carbocycles. The lowest BCUT2D eigenvalue weighted by atomic mass is 10.1. The number of hydrogen-bond acceptors (Lipinski definition) is 3. The largest absolute Gasteiger partial charge is 0.478 e. The third kappa shape index (κ3) is 3.58. The van der Waals surface area contributed by atoms with Gasteiger partial charge in [0.15, 0.2) is 0 Å². The highest BCUT2D eigenvalue weighted by atomic mass is 32.2. The Morgan fingerprint density at radius 3 is 2.43 bits per heavy atom. The Morgan fingerprint density at radius 2 is 1.86 bits per heavy atom. The zero-order valence-corrected chi connectivity index (χ0v) is 13.3. The van der Waals surface area contributed by atoms with E-state index in [1.807, 2.05) is 36.4 Å². The van der Waals surface area contributed by atoms with Crippen LogP contribution in [0.2, 0.25) is 0 Å². The van der Waals surface area contributed by atoms with E-state index in [0.717, 1.165) is 16.1 Å². The summed E-state index contributed by atoms with van der Waals surface area (Å²) in [7, 11) is 1.92. The van der Waals surface area contributed by atoms with Crippen LogP contribution in [0, 0.1) is 6.92 Å². The molecule has 21 heavy (non-hydrogen) atoms. The van der Waals surface area contributed by atoms with Crippen LogP contribution in [0.15, 0.2) is 47.4 Å². The van der Waals surface area contributed by atoms with Crippen molar-refractivity contribution in [1.82, 2.24) is 0 Å². The van der Waals surface area contributed by atoms with E-state index in [4.69, 9.17) is 0 Å². The predicted molar refractivity (Wildman–Crippen MR) is 88.5 cm³/mol. The molecule has 0 heterocycles. The Bertz CT molecular complexity index is 638. The number of carboxylic acids is 1. The summed E-state index contributed by atoms with van der Waals surface area (Å²) in [5, 5.41) is 9.49. The maximum absolute atomic E-state index is 11.6. The lowest BCUT2D eigenvalue weighted by molar-refractivity contribution is 0.0694. The van der Waals surface area contributed by atoms with E-state index >= 15 is 0 Å². The fourth-order valence-electron chi connectivity index (χ4n) is 2.28. The summed E-state index contributed by atoms with van der Waals surface area (Å²) >= 11 is 1.46. The van der Waals surface area contributed by atoms with Gasteiger partial charge in [-0.05, 0) is 30.9 Å². The molecule has 0 unspecified atom stereocenters. The molecule has 0 amide bonds. The average Bonchev–Trinajstić information content (AvgIpc) is 2.48. The van der Waals surface area contributed by atoms with E-state index in [9.17, 15) is 9.90 Å². The molecule has 0 atom stereocenters. The van der Waals surface area contributed by atoms with Crippen LogP contribution in [0.4, 0.5) is 5.69 Å². The van der Waals surface area contributed by atoms with Crippen LogP contribution in [0.3, 0.4) is 0 Å². The fourth-order valence-corrected chi connectivity index (χ4v) is 2.89. The Labute approximate surface area is 129 Å². The molecule has 0 saturated heterocycles. The summed E-state index contributed by atoms with van der Waals surface area (Å²) in [5.74, 6) is -0.884. The van der Waals surface area contributed by atoms with Gasteiger partial charge in [0, 0.05) is 18.5 Å². The summed E-state index contributed by atoms with van der Waals surface area (Å²) < 4.78 is 0. The molecular formula is C17H19NO2S. The fraction of sp³-hybridized carbons (Fsp3) is 0.235. The van der Waals surface area contributed by atoms with Crippen molar-refractivity contribution in [2.45, 2.75) is 18.4 Å². The van der Waals surface area contributed by atoms with Gasteiger partial charge in [-0.1, -0.05) is 35.9 Å². The van der Waals surface area contributed by atoms with E-state index in [1.165, 1.54) is 17.3 Å². The number of carbonyl (C=O) groups is 1. The van der Waals surface area contributed by atoms with E-state index in [2.05, 4.69) is 31.2 Å². The number of aryl methyl sites for hydroxylation is 1. The van der Waals surface area contributed by atoms with Gasteiger partial charge in [-0.25, -0.2) is 4.79 Å². The minimum absolute atomic E-state index is 0.375. The molecular weight excluding hydrogens is 282 g/mol.